The molecule has 0 spiro atoms. The molecule has 0 rings (SSSR count). The van der Waals surface area contributed by atoms with Gasteiger partial charge in [0.25, 0.3) is 0 Å². The largest absolute Gasteiger partial charge is 0.462 e. The van der Waals surface area contributed by atoms with Crippen LogP contribution >= 0.6 is 0 Å². The minimum Gasteiger partial charge on any atom is -0.462 e. The molecule has 0 aromatic heterocycles. The maximum absolute atomic E-state index is 11.1. The van der Waals surface area contributed by atoms with Crippen LogP contribution in [0.15, 0.2) is 12.2 Å². The molecule has 0 fully saturated rings. The zero-order chi connectivity index (χ0) is 12.6. The summed E-state index contributed by atoms with van der Waals surface area (Å²) in [6.07, 6.45) is 3.01. The Morgan fingerprint density at radius 3 is 2.38 bits per heavy atom. The molecule has 0 N–H and O–H groups in total. The van der Waals surface area contributed by atoms with Gasteiger partial charge in [-0.2, -0.15) is 0 Å². The Morgan fingerprint density at radius 2 is 1.94 bits per heavy atom. The van der Waals surface area contributed by atoms with E-state index >= 15 is 0 Å². The van der Waals surface area contributed by atoms with Crippen LogP contribution in [0.4, 0.5) is 0 Å². The van der Waals surface area contributed by atoms with E-state index in [-0.39, 0.29) is 5.97 Å². The molecule has 16 heavy (non-hydrogen) atoms. The molecule has 0 heterocycles. The van der Waals surface area contributed by atoms with Crippen molar-refractivity contribution in [1.29, 1.82) is 0 Å². The van der Waals surface area contributed by atoms with Crippen molar-refractivity contribution in [1.82, 2.24) is 0 Å². The smallest absolute Gasteiger partial charge is 0.333 e. The van der Waals surface area contributed by atoms with Gasteiger partial charge in [-0.3, -0.25) is 0 Å². The summed E-state index contributed by atoms with van der Waals surface area (Å²) < 4.78 is 6.04. The maximum Gasteiger partial charge on any atom is 0.333 e. The molecule has 0 saturated heterocycles. The number of carbonyl (C=O) groups is 1. The summed E-state index contributed by atoms with van der Waals surface area (Å²) in [5.74, 6) is -0.295. The van der Waals surface area contributed by atoms with Crippen molar-refractivity contribution in [2.75, 3.05) is 33.3 Å². The summed E-state index contributed by atoms with van der Waals surface area (Å²) in [6.45, 7) is 13.3. The molecular weight excluding hydrogens is 202 g/mol. The van der Waals surface area contributed by atoms with Gasteiger partial charge in [-0.1, -0.05) is 6.58 Å². The van der Waals surface area contributed by atoms with Crippen molar-refractivity contribution in [3.05, 3.63) is 18.6 Å². The lowest BCUT2D eigenvalue weighted by molar-refractivity contribution is -0.902. The van der Waals surface area contributed by atoms with Gasteiger partial charge in [0.1, 0.15) is 0 Å². The summed E-state index contributed by atoms with van der Waals surface area (Å²) in [6, 6.07) is 0. The van der Waals surface area contributed by atoms with Crippen molar-refractivity contribution in [3.8, 4) is 0 Å². The van der Waals surface area contributed by atoms with Gasteiger partial charge in [0, 0.05) is 12.0 Å². The van der Waals surface area contributed by atoms with Crippen molar-refractivity contribution >= 4 is 5.97 Å². The first-order valence-electron chi connectivity index (χ1n) is 5.93. The lowest BCUT2D eigenvalue weighted by atomic mass is 10.2. The third kappa shape index (κ3) is 5.91. The van der Waals surface area contributed by atoms with Crippen molar-refractivity contribution in [2.45, 2.75) is 27.2 Å². The highest BCUT2D eigenvalue weighted by atomic mass is 16.5. The monoisotopic (exact) mass is 227 g/mol. The van der Waals surface area contributed by atoms with Gasteiger partial charge in [0.2, 0.25) is 0 Å². The highest BCUT2D eigenvalue weighted by Crippen LogP contribution is 2.04. The van der Waals surface area contributed by atoms with Crippen LogP contribution in [0.3, 0.4) is 0 Å². The molecule has 93 valence electrons. The second-order valence-electron chi connectivity index (χ2n) is 4.43. The van der Waals surface area contributed by atoms with E-state index in [0.717, 1.165) is 30.5 Å². The highest BCUT2D eigenvalue weighted by Gasteiger charge is 2.15. The average Bonchev–Trinajstić information content (AvgIpc) is 2.27. The van der Waals surface area contributed by atoms with Crippen LogP contribution in [0.2, 0.25) is 0 Å². The molecule has 3 heteroatoms. The first-order valence-corrected chi connectivity index (χ1v) is 5.93. The predicted molar refractivity (Wildman–Crippen MR) is 66.8 cm³/mol. The number of nitrogens with zero attached hydrogens (tertiary/aromatic N) is 1. The highest BCUT2D eigenvalue weighted by molar-refractivity contribution is 5.86. The fourth-order valence-corrected chi connectivity index (χ4v) is 1.24. The van der Waals surface area contributed by atoms with E-state index in [1.807, 2.05) is 0 Å². The summed E-state index contributed by atoms with van der Waals surface area (Å²) in [4.78, 5) is 11.1. The normalized spacial score (nSPS) is 11.2. The second kappa shape index (κ2) is 7.44. The molecule has 0 aromatic carbocycles. The molecule has 0 amide bonds. The average molecular weight is 227 g/mol. The fourth-order valence-electron chi connectivity index (χ4n) is 1.24. The predicted octanol–water partition coefficient (Wildman–Crippen LogP) is 2.19. The van der Waals surface area contributed by atoms with Gasteiger partial charge in [-0.15, -0.1) is 0 Å². The molecule has 1 radical (unpaired) electrons. The minimum absolute atomic E-state index is 0.295. The topological polar surface area (TPSA) is 26.3 Å². The number of esters is 1. The number of hydrogen-bond donors (Lipinski definition) is 0. The summed E-state index contributed by atoms with van der Waals surface area (Å²) in [5.41, 5.74) is 0.461. The van der Waals surface area contributed by atoms with Crippen molar-refractivity contribution in [3.63, 3.8) is 0 Å². The molecule has 0 aromatic rings. The van der Waals surface area contributed by atoms with Gasteiger partial charge in [0.15, 0.2) is 0 Å². The Kier molecular flexibility index (Phi) is 7.06. The number of unbranched alkanes of at least 4 members (excludes halogenated alkanes) is 1. The quantitative estimate of drug-likeness (QED) is 0.275. The van der Waals surface area contributed by atoms with Gasteiger partial charge in [0.05, 0.1) is 33.3 Å². The number of rotatable bonds is 8. The maximum atomic E-state index is 11.1. The standard InChI is InChI=1S/C13H25NO2/c1-6-14(5,7-2)10-8-9-11-16-13(15)12(3)4/h8H,3,6-7,9-11H2,1-2,4-5H3/q+1. The molecular formula is C13H25NO2+. The second-order valence-corrected chi connectivity index (χ2v) is 4.43. The molecule has 3 nitrogen and oxygen atoms in total. The molecule has 0 bridgehead atoms. The molecule has 0 aliphatic rings. The van der Waals surface area contributed by atoms with E-state index in [2.05, 4.69) is 33.9 Å². The Balaban J connectivity index is 3.61. The summed E-state index contributed by atoms with van der Waals surface area (Å²) in [7, 11) is 2.23. The number of hydrogen-bond acceptors (Lipinski definition) is 2. The van der Waals surface area contributed by atoms with E-state index in [4.69, 9.17) is 4.74 Å². The third-order valence-electron chi connectivity index (χ3n) is 3.00. The van der Waals surface area contributed by atoms with Crippen LogP contribution in [0.1, 0.15) is 27.2 Å². The number of quaternary nitrogens is 1. The minimum atomic E-state index is -0.295. The summed E-state index contributed by atoms with van der Waals surface area (Å²) in [5, 5.41) is 0. The van der Waals surface area contributed by atoms with Crippen LogP contribution in [0, 0.1) is 6.42 Å². The van der Waals surface area contributed by atoms with E-state index in [0.29, 0.717) is 12.2 Å². The third-order valence-corrected chi connectivity index (χ3v) is 3.00. The lowest BCUT2D eigenvalue weighted by Gasteiger charge is -2.31. The Bertz CT molecular complexity index is 232. The van der Waals surface area contributed by atoms with E-state index in [9.17, 15) is 4.79 Å². The van der Waals surface area contributed by atoms with Crippen molar-refractivity contribution in [2.24, 2.45) is 0 Å². The molecule has 0 saturated carbocycles. The van der Waals surface area contributed by atoms with Crippen LogP contribution < -0.4 is 0 Å². The van der Waals surface area contributed by atoms with Gasteiger partial charge < -0.3 is 9.22 Å². The van der Waals surface area contributed by atoms with E-state index in [1.54, 1.807) is 6.92 Å². The van der Waals surface area contributed by atoms with Gasteiger partial charge in [-0.25, -0.2) is 4.79 Å². The first-order chi connectivity index (χ1) is 7.45. The van der Waals surface area contributed by atoms with Crippen molar-refractivity contribution < 1.29 is 14.0 Å². The fraction of sp³-hybridized carbons (Fsp3) is 0.692. The van der Waals surface area contributed by atoms with E-state index in [1.165, 1.54) is 0 Å². The number of ether oxygens (including phenoxy) is 1. The molecule has 0 aliphatic carbocycles. The Morgan fingerprint density at radius 1 is 1.38 bits per heavy atom. The summed E-state index contributed by atoms with van der Waals surface area (Å²) >= 11 is 0. The lowest BCUT2D eigenvalue weighted by Crippen LogP contribution is -2.44. The SMILES string of the molecule is C=C(C)C(=O)OCC[CH]C[N+](C)(CC)CC. The number of carbonyl (C=O) groups excluding carboxylic acids is 1. The van der Waals surface area contributed by atoms with Crippen LogP contribution in [-0.4, -0.2) is 43.7 Å². The van der Waals surface area contributed by atoms with Gasteiger partial charge in [-0.05, 0) is 27.2 Å². The van der Waals surface area contributed by atoms with Crippen LogP contribution in [-0.2, 0) is 9.53 Å². The van der Waals surface area contributed by atoms with Crippen LogP contribution in [0.5, 0.6) is 0 Å². The first kappa shape index (κ1) is 15.2. The molecule has 0 unspecified atom stereocenters. The Hall–Kier alpha value is -0.830. The van der Waals surface area contributed by atoms with Gasteiger partial charge >= 0.3 is 5.97 Å². The Labute approximate surface area is 99.7 Å². The zero-order valence-electron chi connectivity index (χ0n) is 11.1. The van der Waals surface area contributed by atoms with E-state index < -0.39 is 0 Å². The molecule has 0 atom stereocenters. The zero-order valence-corrected chi connectivity index (χ0v) is 11.1. The molecule has 0 aliphatic heterocycles. The van der Waals surface area contributed by atoms with Crippen LogP contribution in [0.25, 0.3) is 0 Å².